The van der Waals surface area contributed by atoms with Gasteiger partial charge in [0.15, 0.2) is 0 Å². The number of pyridine rings is 1. The summed E-state index contributed by atoms with van der Waals surface area (Å²) in [5, 5.41) is 10.9. The Balaban J connectivity index is 1.80. The Labute approximate surface area is 157 Å². The highest BCUT2D eigenvalue weighted by Crippen LogP contribution is 2.32. The van der Waals surface area contributed by atoms with Crippen molar-refractivity contribution in [1.29, 1.82) is 5.26 Å². The van der Waals surface area contributed by atoms with Crippen LogP contribution in [0.1, 0.15) is 42.0 Å². The van der Waals surface area contributed by atoms with Crippen LogP contribution in [-0.2, 0) is 24.7 Å². The molecule has 4 rings (SSSR count). The molecule has 4 heteroatoms. The molecule has 3 aromatic rings. The minimum atomic E-state index is -0.811. The van der Waals surface area contributed by atoms with Gasteiger partial charge >= 0.3 is 0 Å². The lowest BCUT2D eigenvalue weighted by molar-refractivity contribution is 0.594. The molecule has 0 spiro atoms. The van der Waals surface area contributed by atoms with Crippen molar-refractivity contribution >= 4 is 10.9 Å². The summed E-state index contributed by atoms with van der Waals surface area (Å²) in [6, 6.07) is 14.6. The molecular weight excluding hydrogens is 339 g/mol. The predicted molar refractivity (Wildman–Crippen MR) is 104 cm³/mol. The highest BCUT2D eigenvalue weighted by Gasteiger charge is 2.28. The van der Waals surface area contributed by atoms with E-state index < -0.39 is 5.41 Å². The number of hydrogen-bond donors (Lipinski definition) is 1. The number of aromatic nitrogens is 1. The van der Waals surface area contributed by atoms with Gasteiger partial charge in [0.2, 0.25) is 0 Å². The number of nitriles is 1. The van der Waals surface area contributed by atoms with Crippen LogP contribution in [-0.4, -0.2) is 4.98 Å². The zero-order valence-electron chi connectivity index (χ0n) is 15.3. The van der Waals surface area contributed by atoms with E-state index in [1.54, 1.807) is 6.07 Å². The molecule has 0 bridgehead atoms. The fourth-order valence-corrected chi connectivity index (χ4v) is 4.17. The first kappa shape index (κ1) is 17.5. The van der Waals surface area contributed by atoms with Crippen molar-refractivity contribution in [2.45, 2.75) is 44.4 Å². The molecular formula is C23H21FN2O. The topological polar surface area (TPSA) is 56.6 Å². The van der Waals surface area contributed by atoms with Crippen LogP contribution in [0.2, 0.25) is 0 Å². The lowest BCUT2D eigenvalue weighted by Gasteiger charge is -2.24. The molecule has 0 fully saturated rings. The van der Waals surface area contributed by atoms with Crippen LogP contribution in [0.4, 0.5) is 4.39 Å². The number of rotatable bonds is 3. The van der Waals surface area contributed by atoms with E-state index in [-0.39, 0.29) is 11.4 Å². The molecule has 136 valence electrons. The second kappa shape index (κ2) is 6.66. The Morgan fingerprint density at radius 1 is 1.15 bits per heavy atom. The van der Waals surface area contributed by atoms with Crippen LogP contribution in [0.5, 0.6) is 0 Å². The first-order valence-electron chi connectivity index (χ1n) is 9.34. The molecule has 0 amide bonds. The van der Waals surface area contributed by atoms with E-state index in [0.717, 1.165) is 58.8 Å². The van der Waals surface area contributed by atoms with E-state index in [1.807, 2.05) is 31.2 Å². The van der Waals surface area contributed by atoms with E-state index >= 15 is 0 Å². The smallest absolute Gasteiger partial charge is 0.251 e. The third-order valence-electron chi connectivity index (χ3n) is 5.67. The Kier molecular flexibility index (Phi) is 4.31. The fraction of sp³-hybridized carbons (Fsp3) is 0.304. The monoisotopic (exact) mass is 360 g/mol. The van der Waals surface area contributed by atoms with Crippen LogP contribution < -0.4 is 5.56 Å². The standard InChI is InChI=1S/C23H21FN2O/c1-23(14-25,13-15-5-4-6-17(24)11-15)16-9-10-19-18-7-2-3-8-20(18)22(27)26-21(19)12-16/h4-6,9-12H,2-3,7-8,13H2,1H3,(H,26,27)/t23-/m0/s1. The molecule has 0 saturated carbocycles. The molecule has 2 aromatic carbocycles. The fourth-order valence-electron chi connectivity index (χ4n) is 4.17. The summed E-state index contributed by atoms with van der Waals surface area (Å²) in [6.45, 7) is 1.86. The molecule has 0 radical (unpaired) electrons. The van der Waals surface area contributed by atoms with Crippen molar-refractivity contribution in [3.63, 3.8) is 0 Å². The van der Waals surface area contributed by atoms with Gasteiger partial charge in [-0.25, -0.2) is 4.39 Å². The molecule has 0 unspecified atom stereocenters. The number of nitrogens with zero attached hydrogens (tertiary/aromatic N) is 1. The SMILES string of the molecule is C[C@@](C#N)(Cc1cccc(F)c1)c1ccc2c3c(c(=O)[nH]c2c1)CCCC3. The van der Waals surface area contributed by atoms with Crippen molar-refractivity contribution in [3.05, 3.63) is 80.9 Å². The maximum atomic E-state index is 13.5. The van der Waals surface area contributed by atoms with Crippen LogP contribution in [0, 0.1) is 17.1 Å². The van der Waals surface area contributed by atoms with Crippen molar-refractivity contribution in [2.75, 3.05) is 0 Å². The Hall–Kier alpha value is -2.93. The minimum absolute atomic E-state index is 0.0156. The van der Waals surface area contributed by atoms with Crippen LogP contribution in [0.25, 0.3) is 10.9 Å². The number of fused-ring (bicyclic) bond motifs is 3. The third kappa shape index (κ3) is 3.14. The van der Waals surface area contributed by atoms with E-state index in [1.165, 1.54) is 12.1 Å². The first-order chi connectivity index (χ1) is 13.0. The first-order valence-corrected chi connectivity index (χ1v) is 9.34. The number of hydrogen-bond acceptors (Lipinski definition) is 2. The van der Waals surface area contributed by atoms with E-state index in [4.69, 9.17) is 0 Å². The molecule has 0 saturated heterocycles. The van der Waals surface area contributed by atoms with E-state index in [2.05, 4.69) is 11.1 Å². The zero-order chi connectivity index (χ0) is 19.0. The van der Waals surface area contributed by atoms with Crippen LogP contribution in [0.3, 0.4) is 0 Å². The number of benzene rings is 2. The Bertz CT molecular complexity index is 1130. The molecule has 1 aliphatic rings. The molecule has 1 atom stereocenters. The molecule has 1 heterocycles. The summed E-state index contributed by atoms with van der Waals surface area (Å²) in [4.78, 5) is 15.5. The molecule has 27 heavy (non-hydrogen) atoms. The Morgan fingerprint density at radius 2 is 1.93 bits per heavy atom. The lowest BCUT2D eigenvalue weighted by Crippen LogP contribution is -2.24. The summed E-state index contributed by atoms with van der Waals surface area (Å²) in [5.74, 6) is -0.303. The largest absolute Gasteiger partial charge is 0.322 e. The summed E-state index contributed by atoms with van der Waals surface area (Å²) < 4.78 is 13.5. The van der Waals surface area contributed by atoms with Gasteiger partial charge in [-0.15, -0.1) is 0 Å². The molecule has 0 aliphatic heterocycles. The maximum absolute atomic E-state index is 13.5. The van der Waals surface area contributed by atoms with Crippen molar-refractivity contribution < 1.29 is 4.39 Å². The third-order valence-corrected chi connectivity index (χ3v) is 5.67. The van der Waals surface area contributed by atoms with E-state index in [9.17, 15) is 14.4 Å². The highest BCUT2D eigenvalue weighted by molar-refractivity contribution is 5.84. The van der Waals surface area contributed by atoms with Gasteiger partial charge in [0, 0.05) is 16.5 Å². The second-order valence-electron chi connectivity index (χ2n) is 7.63. The molecule has 1 aliphatic carbocycles. The predicted octanol–water partition coefficient (Wildman–Crippen LogP) is 4.57. The highest BCUT2D eigenvalue weighted by atomic mass is 19.1. The number of halogens is 1. The van der Waals surface area contributed by atoms with Gasteiger partial charge < -0.3 is 4.98 Å². The number of nitrogens with one attached hydrogen (secondary N) is 1. The summed E-state index contributed by atoms with van der Waals surface area (Å²) in [7, 11) is 0. The summed E-state index contributed by atoms with van der Waals surface area (Å²) in [6.07, 6.45) is 4.32. The van der Waals surface area contributed by atoms with Crippen molar-refractivity contribution in [3.8, 4) is 6.07 Å². The van der Waals surface area contributed by atoms with Gasteiger partial charge in [-0.3, -0.25) is 4.79 Å². The maximum Gasteiger partial charge on any atom is 0.251 e. The number of aryl methyl sites for hydroxylation is 1. The number of H-pyrrole nitrogens is 1. The minimum Gasteiger partial charge on any atom is -0.322 e. The van der Waals surface area contributed by atoms with Crippen molar-refractivity contribution in [2.24, 2.45) is 0 Å². The Morgan fingerprint density at radius 3 is 2.67 bits per heavy atom. The van der Waals surface area contributed by atoms with Gasteiger partial charge in [-0.2, -0.15) is 5.26 Å². The van der Waals surface area contributed by atoms with Crippen LogP contribution >= 0.6 is 0 Å². The number of aromatic amines is 1. The summed E-state index contributed by atoms with van der Waals surface area (Å²) >= 11 is 0. The lowest BCUT2D eigenvalue weighted by atomic mass is 9.78. The van der Waals surface area contributed by atoms with Gasteiger partial charge in [-0.05, 0) is 73.9 Å². The van der Waals surface area contributed by atoms with Gasteiger partial charge in [0.05, 0.1) is 11.5 Å². The summed E-state index contributed by atoms with van der Waals surface area (Å²) in [5.41, 5.74) is 3.61. The van der Waals surface area contributed by atoms with Crippen LogP contribution in [0.15, 0.2) is 47.3 Å². The molecule has 1 aromatic heterocycles. The molecule has 1 N–H and O–H groups in total. The molecule has 3 nitrogen and oxygen atoms in total. The van der Waals surface area contributed by atoms with Gasteiger partial charge in [0.25, 0.3) is 5.56 Å². The van der Waals surface area contributed by atoms with Crippen molar-refractivity contribution in [1.82, 2.24) is 4.98 Å². The quantitative estimate of drug-likeness (QED) is 0.744. The van der Waals surface area contributed by atoms with E-state index in [0.29, 0.717) is 6.42 Å². The van der Waals surface area contributed by atoms with Gasteiger partial charge in [-0.1, -0.05) is 24.3 Å². The average Bonchev–Trinajstić information content (AvgIpc) is 2.68. The van der Waals surface area contributed by atoms with Gasteiger partial charge in [0.1, 0.15) is 5.82 Å². The zero-order valence-corrected chi connectivity index (χ0v) is 15.3. The average molecular weight is 360 g/mol. The normalized spacial score (nSPS) is 15.7. The second-order valence-corrected chi connectivity index (χ2v) is 7.63.